The number of nitriles is 1. The van der Waals surface area contributed by atoms with Crippen LogP contribution in [0.3, 0.4) is 0 Å². The summed E-state index contributed by atoms with van der Waals surface area (Å²) in [5.41, 5.74) is 0.846. The maximum atomic E-state index is 8.78. The van der Waals surface area contributed by atoms with Gasteiger partial charge in [-0.2, -0.15) is 5.26 Å². The van der Waals surface area contributed by atoms with Crippen molar-refractivity contribution in [3.63, 3.8) is 0 Å². The smallest absolute Gasteiger partial charge is 0.0988 e. The van der Waals surface area contributed by atoms with Gasteiger partial charge in [-0.25, -0.2) is 0 Å². The molecule has 0 spiro atoms. The van der Waals surface area contributed by atoms with Crippen LogP contribution in [0.5, 0.6) is 0 Å². The first-order valence-electron chi connectivity index (χ1n) is 6.62. The number of rotatable bonds is 2. The highest BCUT2D eigenvalue weighted by atomic mass is 14.3. The highest BCUT2D eigenvalue weighted by molar-refractivity contribution is 5.35. The highest BCUT2D eigenvalue weighted by Gasteiger charge is 2.25. The van der Waals surface area contributed by atoms with Gasteiger partial charge in [-0.1, -0.05) is 38.3 Å². The van der Waals surface area contributed by atoms with E-state index in [0.717, 1.165) is 23.8 Å². The van der Waals surface area contributed by atoms with Crippen LogP contribution in [0.1, 0.15) is 45.4 Å². The van der Waals surface area contributed by atoms with E-state index in [0.29, 0.717) is 5.92 Å². The quantitative estimate of drug-likeness (QED) is 0.676. The van der Waals surface area contributed by atoms with Crippen molar-refractivity contribution >= 4 is 0 Å². The van der Waals surface area contributed by atoms with Crippen LogP contribution < -0.4 is 0 Å². The Morgan fingerprint density at radius 3 is 2.56 bits per heavy atom. The first-order valence-corrected chi connectivity index (χ1v) is 6.62. The number of hydrogen-bond donors (Lipinski definition) is 0. The van der Waals surface area contributed by atoms with Gasteiger partial charge in [-0.15, -0.1) is 0 Å². The molecule has 2 aliphatic carbocycles. The monoisotopic (exact) mass is 215 g/mol. The van der Waals surface area contributed by atoms with Gasteiger partial charge in [0.25, 0.3) is 0 Å². The summed E-state index contributed by atoms with van der Waals surface area (Å²) in [5, 5.41) is 8.78. The van der Waals surface area contributed by atoms with Crippen LogP contribution in [0.25, 0.3) is 0 Å². The lowest BCUT2D eigenvalue weighted by Crippen LogP contribution is -2.21. The van der Waals surface area contributed by atoms with Crippen LogP contribution in [0.15, 0.2) is 23.8 Å². The second-order valence-electron chi connectivity index (χ2n) is 5.22. The van der Waals surface area contributed by atoms with E-state index in [1.54, 1.807) is 0 Å². The number of nitrogens with zero attached hydrogens (tertiary/aromatic N) is 1. The molecule has 1 unspecified atom stereocenters. The van der Waals surface area contributed by atoms with Crippen molar-refractivity contribution in [2.75, 3.05) is 0 Å². The van der Waals surface area contributed by atoms with Gasteiger partial charge in [0.15, 0.2) is 0 Å². The Hall–Kier alpha value is -1.03. The van der Waals surface area contributed by atoms with E-state index in [1.807, 2.05) is 6.08 Å². The van der Waals surface area contributed by atoms with E-state index in [4.69, 9.17) is 5.26 Å². The summed E-state index contributed by atoms with van der Waals surface area (Å²) >= 11 is 0. The van der Waals surface area contributed by atoms with Crippen molar-refractivity contribution in [3.05, 3.63) is 23.8 Å². The molecule has 0 aromatic rings. The molecule has 1 fully saturated rings. The van der Waals surface area contributed by atoms with Crippen molar-refractivity contribution in [1.82, 2.24) is 0 Å². The van der Waals surface area contributed by atoms with E-state index < -0.39 is 0 Å². The van der Waals surface area contributed by atoms with Gasteiger partial charge in [0, 0.05) is 5.57 Å². The summed E-state index contributed by atoms with van der Waals surface area (Å²) in [5.74, 6) is 2.56. The second kappa shape index (κ2) is 5.34. The molecule has 0 N–H and O–H groups in total. The fourth-order valence-corrected chi connectivity index (χ4v) is 3.09. The van der Waals surface area contributed by atoms with E-state index in [9.17, 15) is 0 Å². The van der Waals surface area contributed by atoms with Crippen molar-refractivity contribution < 1.29 is 0 Å². The molecular formula is C15H21N. The third-order valence-corrected chi connectivity index (χ3v) is 4.34. The lowest BCUT2D eigenvalue weighted by atomic mass is 9.73. The Morgan fingerprint density at radius 1 is 1.31 bits per heavy atom. The summed E-state index contributed by atoms with van der Waals surface area (Å²) in [6, 6.07) is 2.22. The molecule has 0 amide bonds. The van der Waals surface area contributed by atoms with Gasteiger partial charge in [-0.3, -0.25) is 0 Å². The molecule has 1 nitrogen and oxygen atoms in total. The molecule has 1 saturated carbocycles. The van der Waals surface area contributed by atoms with Gasteiger partial charge < -0.3 is 0 Å². The summed E-state index contributed by atoms with van der Waals surface area (Å²) < 4.78 is 0. The van der Waals surface area contributed by atoms with Crippen molar-refractivity contribution in [3.8, 4) is 6.07 Å². The van der Waals surface area contributed by atoms with Crippen LogP contribution in [-0.4, -0.2) is 0 Å². The third-order valence-electron chi connectivity index (χ3n) is 4.34. The zero-order valence-electron chi connectivity index (χ0n) is 10.2. The maximum absolute atomic E-state index is 8.78. The topological polar surface area (TPSA) is 23.8 Å². The Bertz CT molecular complexity index is 324. The summed E-state index contributed by atoms with van der Waals surface area (Å²) in [7, 11) is 0. The molecule has 0 radical (unpaired) electrons. The Balaban J connectivity index is 1.86. The third kappa shape index (κ3) is 2.55. The number of hydrogen-bond acceptors (Lipinski definition) is 1. The van der Waals surface area contributed by atoms with Crippen LogP contribution in [-0.2, 0) is 0 Å². The predicted octanol–water partition coefficient (Wildman–Crippen LogP) is 4.23. The molecule has 16 heavy (non-hydrogen) atoms. The zero-order chi connectivity index (χ0) is 11.4. The lowest BCUT2D eigenvalue weighted by Gasteiger charge is -2.32. The van der Waals surface area contributed by atoms with Crippen molar-refractivity contribution in [2.24, 2.45) is 17.8 Å². The standard InChI is InChI=1S/C15H21N/c1-2-12-3-7-14(8-4-12)15-9-5-13(11-16)6-10-15/h5-6,9,12,14-15H,2-4,7-8,10H2,1H3. The largest absolute Gasteiger partial charge is 0.192 e. The molecule has 86 valence electrons. The minimum Gasteiger partial charge on any atom is -0.192 e. The van der Waals surface area contributed by atoms with Gasteiger partial charge >= 0.3 is 0 Å². The fourth-order valence-electron chi connectivity index (χ4n) is 3.09. The average Bonchev–Trinajstić information content (AvgIpc) is 2.39. The van der Waals surface area contributed by atoms with E-state index in [-0.39, 0.29) is 0 Å². The molecule has 2 rings (SSSR count). The molecule has 1 atom stereocenters. The van der Waals surface area contributed by atoms with E-state index in [1.165, 1.54) is 32.1 Å². The highest BCUT2D eigenvalue weighted by Crippen LogP contribution is 2.37. The zero-order valence-corrected chi connectivity index (χ0v) is 10.2. The van der Waals surface area contributed by atoms with Crippen LogP contribution >= 0.6 is 0 Å². The fraction of sp³-hybridized carbons (Fsp3) is 0.667. The van der Waals surface area contributed by atoms with Gasteiger partial charge in [-0.05, 0) is 43.1 Å². The Morgan fingerprint density at radius 2 is 2.06 bits per heavy atom. The first-order chi connectivity index (χ1) is 7.83. The minimum atomic E-state index is 0.704. The Kier molecular flexibility index (Phi) is 3.83. The predicted molar refractivity (Wildman–Crippen MR) is 66.7 cm³/mol. The molecule has 0 aliphatic heterocycles. The minimum absolute atomic E-state index is 0.704. The van der Waals surface area contributed by atoms with Crippen LogP contribution in [0.2, 0.25) is 0 Å². The second-order valence-corrected chi connectivity index (χ2v) is 5.22. The van der Waals surface area contributed by atoms with E-state index in [2.05, 4.69) is 25.1 Å². The van der Waals surface area contributed by atoms with Gasteiger partial charge in [0.05, 0.1) is 6.07 Å². The first kappa shape index (κ1) is 11.5. The summed E-state index contributed by atoms with van der Waals surface area (Å²) in [6.45, 7) is 2.31. The molecular weight excluding hydrogens is 194 g/mol. The maximum Gasteiger partial charge on any atom is 0.0988 e. The van der Waals surface area contributed by atoms with Gasteiger partial charge in [0.1, 0.15) is 0 Å². The summed E-state index contributed by atoms with van der Waals surface area (Å²) in [4.78, 5) is 0. The molecule has 0 heterocycles. The molecule has 1 heteroatoms. The molecule has 0 bridgehead atoms. The molecule has 0 saturated heterocycles. The van der Waals surface area contributed by atoms with Crippen molar-refractivity contribution in [2.45, 2.75) is 45.4 Å². The number of allylic oxidation sites excluding steroid dienone is 4. The molecule has 2 aliphatic rings. The SMILES string of the molecule is CCC1CCC(C2C=CC(C#N)=CC2)CC1. The average molecular weight is 215 g/mol. The normalized spacial score (nSPS) is 34.2. The van der Waals surface area contributed by atoms with Gasteiger partial charge in [0.2, 0.25) is 0 Å². The Labute approximate surface area is 98.9 Å². The molecule has 0 aromatic heterocycles. The van der Waals surface area contributed by atoms with E-state index >= 15 is 0 Å². The summed E-state index contributed by atoms with van der Waals surface area (Å²) in [6.07, 6.45) is 14.5. The van der Waals surface area contributed by atoms with Crippen LogP contribution in [0.4, 0.5) is 0 Å². The molecule has 0 aromatic carbocycles. The lowest BCUT2D eigenvalue weighted by molar-refractivity contribution is 0.225. The van der Waals surface area contributed by atoms with Crippen LogP contribution in [0, 0.1) is 29.1 Å². The van der Waals surface area contributed by atoms with Crippen molar-refractivity contribution in [1.29, 1.82) is 5.26 Å².